The van der Waals surface area contributed by atoms with Crippen molar-refractivity contribution in [1.82, 2.24) is 4.90 Å². The molecule has 3 aromatic rings. The lowest BCUT2D eigenvalue weighted by Gasteiger charge is -2.32. The topological polar surface area (TPSA) is 45.0 Å². The third-order valence-electron chi connectivity index (χ3n) is 5.69. The fourth-order valence-corrected chi connectivity index (χ4v) is 4.79. The number of rotatable bonds is 5. The third-order valence-corrected chi connectivity index (χ3v) is 6.65. The number of nitrogens with zero attached hydrogens (tertiary/aromatic N) is 3. The van der Waals surface area contributed by atoms with E-state index in [4.69, 9.17) is 29.8 Å². The average Bonchev–Trinajstić information content (AvgIpc) is 2.95. The van der Waals surface area contributed by atoms with Crippen molar-refractivity contribution >= 4 is 62.4 Å². The van der Waals surface area contributed by atoms with E-state index < -0.39 is 11.6 Å². The van der Waals surface area contributed by atoms with Crippen molar-refractivity contribution in [3.05, 3.63) is 104 Å². The van der Waals surface area contributed by atoms with Gasteiger partial charge in [-0.2, -0.15) is 0 Å². The summed E-state index contributed by atoms with van der Waals surface area (Å²) in [4.78, 5) is 33.7. The molecule has 1 aliphatic heterocycles. The van der Waals surface area contributed by atoms with Crippen molar-refractivity contribution in [3.63, 3.8) is 0 Å². The van der Waals surface area contributed by atoms with E-state index in [2.05, 4.69) is 20.8 Å². The van der Waals surface area contributed by atoms with Gasteiger partial charge in [-0.25, -0.2) is 14.5 Å². The molecule has 1 atom stereocenters. The van der Waals surface area contributed by atoms with E-state index in [1.165, 1.54) is 4.90 Å². The highest BCUT2D eigenvalue weighted by atomic mass is 79.9. The van der Waals surface area contributed by atoms with E-state index in [0.717, 1.165) is 14.9 Å². The average molecular weight is 543 g/mol. The van der Waals surface area contributed by atoms with E-state index in [9.17, 15) is 9.59 Å². The molecular weight excluding hydrogens is 525 g/mol. The van der Waals surface area contributed by atoms with Crippen LogP contribution in [0.5, 0.6) is 0 Å². The number of hydrogen-bond acceptors (Lipinski definition) is 2. The first-order chi connectivity index (χ1) is 15.7. The van der Waals surface area contributed by atoms with Crippen LogP contribution in [0.3, 0.4) is 0 Å². The first kappa shape index (κ1) is 23.3. The summed E-state index contributed by atoms with van der Waals surface area (Å²) in [5, 5.41) is 0.647. The maximum atomic E-state index is 13.8. The number of carbonyl (C=O) groups excluding carboxylic acids is 2. The normalized spacial score (nSPS) is 18.0. The van der Waals surface area contributed by atoms with Gasteiger partial charge >= 0.3 is 6.03 Å². The number of halogens is 3. The first-order valence-electron chi connectivity index (χ1n) is 10.0. The lowest BCUT2D eigenvalue weighted by atomic mass is 9.90. The molecular formula is C25H18BrCl2N3O2. The molecule has 1 fully saturated rings. The minimum Gasteiger partial charge on any atom is -0.306 e. The number of hydrogen-bond donors (Lipinski definition) is 0. The molecule has 0 radical (unpaired) electrons. The van der Waals surface area contributed by atoms with Gasteiger partial charge in [-0.3, -0.25) is 4.79 Å². The maximum absolute atomic E-state index is 13.8. The monoisotopic (exact) mass is 541 g/mol. The first-order valence-corrected chi connectivity index (χ1v) is 11.6. The molecule has 0 spiro atoms. The quantitative estimate of drug-likeness (QED) is 0.251. The van der Waals surface area contributed by atoms with Crippen LogP contribution in [-0.4, -0.2) is 22.4 Å². The molecule has 0 unspecified atom stereocenters. The number of benzene rings is 3. The number of urea groups is 1. The van der Waals surface area contributed by atoms with Gasteiger partial charge in [0.25, 0.3) is 5.91 Å². The highest BCUT2D eigenvalue weighted by molar-refractivity contribution is 9.10. The summed E-state index contributed by atoms with van der Waals surface area (Å²) in [7, 11) is 0. The van der Waals surface area contributed by atoms with Gasteiger partial charge in [0.05, 0.1) is 12.3 Å². The smallest absolute Gasteiger partial charge is 0.306 e. The molecule has 0 aromatic heterocycles. The van der Waals surface area contributed by atoms with Gasteiger partial charge in [0.15, 0.2) is 5.69 Å². The second-order valence-electron chi connectivity index (χ2n) is 7.95. The fraction of sp³-hybridized carbons (Fsp3) is 0.160. The van der Waals surface area contributed by atoms with Gasteiger partial charge < -0.3 is 4.90 Å². The molecule has 8 heteroatoms. The summed E-state index contributed by atoms with van der Waals surface area (Å²) in [6.07, 6.45) is 0.301. The number of amides is 3. The molecule has 0 N–H and O–H groups in total. The zero-order chi connectivity index (χ0) is 23.8. The summed E-state index contributed by atoms with van der Waals surface area (Å²) in [5.74, 6) is -0.381. The van der Waals surface area contributed by atoms with Crippen LogP contribution in [0.1, 0.15) is 18.1 Å². The van der Waals surface area contributed by atoms with Crippen molar-refractivity contribution in [3.8, 4) is 0 Å². The van der Waals surface area contributed by atoms with Crippen molar-refractivity contribution < 1.29 is 9.59 Å². The zero-order valence-electron chi connectivity index (χ0n) is 17.6. The van der Waals surface area contributed by atoms with Gasteiger partial charge in [0.1, 0.15) is 5.54 Å². The van der Waals surface area contributed by atoms with Gasteiger partial charge in [-0.1, -0.05) is 75.5 Å². The molecule has 1 heterocycles. The van der Waals surface area contributed by atoms with Crippen LogP contribution in [0, 0.1) is 6.57 Å². The molecule has 1 aliphatic rings. The third kappa shape index (κ3) is 4.49. The molecule has 166 valence electrons. The number of imide groups is 1. The minimum absolute atomic E-state index is 0.112. The fourth-order valence-electron chi connectivity index (χ4n) is 4.01. The Morgan fingerprint density at radius 1 is 1.00 bits per heavy atom. The summed E-state index contributed by atoms with van der Waals surface area (Å²) in [5.41, 5.74) is 1.13. The Labute approximate surface area is 210 Å². The van der Waals surface area contributed by atoms with Crippen LogP contribution in [0.2, 0.25) is 10.0 Å². The van der Waals surface area contributed by atoms with E-state index in [1.807, 2.05) is 30.3 Å². The summed E-state index contributed by atoms with van der Waals surface area (Å²) in [6, 6.07) is 18.8. The van der Waals surface area contributed by atoms with E-state index >= 15 is 0 Å². The van der Waals surface area contributed by atoms with E-state index in [0.29, 0.717) is 33.4 Å². The number of carbonyl (C=O) groups is 2. The van der Waals surface area contributed by atoms with Crippen molar-refractivity contribution in [2.75, 3.05) is 4.90 Å². The van der Waals surface area contributed by atoms with Crippen LogP contribution in [0.4, 0.5) is 16.2 Å². The second-order valence-corrected chi connectivity index (χ2v) is 9.74. The summed E-state index contributed by atoms with van der Waals surface area (Å²) in [6.45, 7) is 9.34. The SMILES string of the molecule is [C-]#[N+]c1ccccc1CN1C(=O)N(c2cc(Cl)cc(Cl)c2)C(=O)[C@@]1(C)Cc1ccc(Br)cc1. The molecule has 33 heavy (non-hydrogen) atoms. The van der Waals surface area contributed by atoms with Crippen molar-refractivity contribution in [1.29, 1.82) is 0 Å². The largest absolute Gasteiger partial charge is 0.332 e. The van der Waals surface area contributed by atoms with Gasteiger partial charge in [0, 0.05) is 27.5 Å². The van der Waals surface area contributed by atoms with E-state index in [1.54, 1.807) is 43.3 Å². The molecule has 5 nitrogen and oxygen atoms in total. The summed E-state index contributed by atoms with van der Waals surface area (Å²) < 4.78 is 0.920. The molecule has 4 rings (SSSR count). The zero-order valence-corrected chi connectivity index (χ0v) is 20.7. The van der Waals surface area contributed by atoms with E-state index in [-0.39, 0.29) is 12.5 Å². The Balaban J connectivity index is 1.80. The van der Waals surface area contributed by atoms with Crippen molar-refractivity contribution in [2.45, 2.75) is 25.4 Å². The van der Waals surface area contributed by atoms with Gasteiger partial charge in [-0.05, 0) is 48.4 Å². The van der Waals surface area contributed by atoms with Crippen LogP contribution in [-0.2, 0) is 17.8 Å². The molecule has 0 aliphatic carbocycles. The Morgan fingerprint density at radius 3 is 2.27 bits per heavy atom. The molecule has 3 aromatic carbocycles. The minimum atomic E-state index is -1.19. The van der Waals surface area contributed by atoms with Crippen LogP contribution in [0.15, 0.2) is 71.2 Å². The molecule has 3 amide bonds. The van der Waals surface area contributed by atoms with Crippen LogP contribution in [0.25, 0.3) is 4.85 Å². The van der Waals surface area contributed by atoms with Crippen LogP contribution < -0.4 is 4.90 Å². The lowest BCUT2D eigenvalue weighted by Crippen LogP contribution is -2.48. The van der Waals surface area contributed by atoms with Crippen LogP contribution >= 0.6 is 39.1 Å². The maximum Gasteiger partial charge on any atom is 0.332 e. The highest BCUT2D eigenvalue weighted by Gasteiger charge is 2.54. The Bertz CT molecular complexity index is 1270. The Morgan fingerprint density at radius 2 is 1.64 bits per heavy atom. The van der Waals surface area contributed by atoms with Gasteiger partial charge in [0.2, 0.25) is 0 Å². The highest BCUT2D eigenvalue weighted by Crippen LogP contribution is 2.38. The predicted octanol–water partition coefficient (Wildman–Crippen LogP) is 7.28. The van der Waals surface area contributed by atoms with Crippen molar-refractivity contribution in [2.24, 2.45) is 0 Å². The number of para-hydroxylation sites is 1. The molecule has 0 bridgehead atoms. The summed E-state index contributed by atoms with van der Waals surface area (Å²) >= 11 is 15.7. The Hall–Kier alpha value is -2.85. The van der Waals surface area contributed by atoms with Gasteiger partial charge in [-0.15, -0.1) is 0 Å². The molecule has 0 saturated carbocycles. The Kier molecular flexibility index (Phi) is 6.49. The lowest BCUT2D eigenvalue weighted by molar-refractivity contribution is -0.124. The number of anilines is 1. The predicted molar refractivity (Wildman–Crippen MR) is 134 cm³/mol. The molecule has 1 saturated heterocycles. The second kappa shape index (κ2) is 9.18. The standard InChI is InChI=1S/C25H18BrCl2N3O2/c1-25(14-16-7-9-18(26)10-8-16)23(32)31(21-12-19(27)11-20(28)13-21)24(33)30(25)15-17-5-3-4-6-22(17)29-2/h3-13H,14-15H2,1H3/t25-/m1/s1.